The fourth-order valence-electron chi connectivity index (χ4n) is 3.00. The zero-order chi connectivity index (χ0) is 22.2. The topological polar surface area (TPSA) is 100 Å². The molecule has 0 aliphatic carbocycles. The Morgan fingerprint density at radius 2 is 1.55 bits per heavy atom. The van der Waals surface area contributed by atoms with Gasteiger partial charge in [-0.3, -0.25) is 10.1 Å². The number of aliphatic hydroxyl groups is 1. The summed E-state index contributed by atoms with van der Waals surface area (Å²) in [7, 11) is 2.92. The van der Waals surface area contributed by atoms with Crippen LogP contribution in [-0.2, 0) is 19.8 Å². The van der Waals surface area contributed by atoms with Gasteiger partial charge in [0.2, 0.25) is 5.75 Å². The Bertz CT molecular complexity index is 1010. The van der Waals surface area contributed by atoms with Crippen molar-refractivity contribution >= 4 is 5.69 Å². The van der Waals surface area contributed by atoms with Crippen LogP contribution in [0.25, 0.3) is 0 Å². The molecule has 8 heteroatoms. The summed E-state index contributed by atoms with van der Waals surface area (Å²) in [5.41, 5.74) is 1.82. The van der Waals surface area contributed by atoms with Crippen LogP contribution in [0.4, 0.5) is 5.69 Å². The van der Waals surface area contributed by atoms with Crippen LogP contribution < -0.4 is 18.9 Å². The largest absolute Gasteiger partial charge is 0.493 e. The molecule has 0 heterocycles. The second kappa shape index (κ2) is 10.3. The first-order chi connectivity index (χ1) is 15.0. The molecule has 0 saturated heterocycles. The van der Waals surface area contributed by atoms with Gasteiger partial charge in [-0.05, 0) is 35.4 Å². The highest BCUT2D eigenvalue weighted by atomic mass is 16.6. The van der Waals surface area contributed by atoms with Gasteiger partial charge in [-0.1, -0.05) is 30.3 Å². The molecule has 0 spiro atoms. The van der Waals surface area contributed by atoms with Crippen LogP contribution in [0, 0.1) is 10.1 Å². The normalized spacial score (nSPS) is 10.4. The van der Waals surface area contributed by atoms with Gasteiger partial charge < -0.3 is 24.1 Å². The summed E-state index contributed by atoms with van der Waals surface area (Å²) in [6, 6.07) is 17.4. The van der Waals surface area contributed by atoms with Crippen molar-refractivity contribution in [2.75, 3.05) is 14.2 Å². The van der Waals surface area contributed by atoms with Gasteiger partial charge in [0.05, 0.1) is 31.3 Å². The second-order valence-corrected chi connectivity index (χ2v) is 6.60. The predicted molar refractivity (Wildman–Crippen MR) is 114 cm³/mol. The first kappa shape index (κ1) is 21.9. The molecule has 8 nitrogen and oxygen atoms in total. The van der Waals surface area contributed by atoms with Gasteiger partial charge in [0.1, 0.15) is 19.0 Å². The molecule has 162 valence electrons. The van der Waals surface area contributed by atoms with Crippen molar-refractivity contribution in [3.8, 4) is 23.0 Å². The Balaban J connectivity index is 1.84. The molecule has 0 radical (unpaired) electrons. The number of nitrogens with zero attached hydrogens (tertiary/aromatic N) is 1. The summed E-state index contributed by atoms with van der Waals surface area (Å²) in [6.07, 6.45) is 0. The molecule has 0 aromatic heterocycles. The third-order valence-corrected chi connectivity index (χ3v) is 4.57. The van der Waals surface area contributed by atoms with Crippen molar-refractivity contribution in [3.63, 3.8) is 0 Å². The van der Waals surface area contributed by atoms with Crippen molar-refractivity contribution in [2.45, 2.75) is 19.8 Å². The maximum Gasteiger partial charge on any atom is 0.276 e. The van der Waals surface area contributed by atoms with Gasteiger partial charge in [0.25, 0.3) is 5.69 Å². The first-order valence-corrected chi connectivity index (χ1v) is 9.48. The molecule has 3 rings (SSSR count). The van der Waals surface area contributed by atoms with E-state index in [-0.39, 0.29) is 24.7 Å². The number of hydrogen-bond donors (Lipinski definition) is 1. The van der Waals surface area contributed by atoms with Crippen LogP contribution in [0.2, 0.25) is 0 Å². The minimum absolute atomic E-state index is 0.0861. The Hall–Kier alpha value is -3.78. The lowest BCUT2D eigenvalue weighted by Gasteiger charge is -2.16. The smallest absolute Gasteiger partial charge is 0.276 e. The molecule has 0 aliphatic heterocycles. The second-order valence-electron chi connectivity index (χ2n) is 6.60. The first-order valence-electron chi connectivity index (χ1n) is 9.48. The predicted octanol–water partition coefficient (Wildman–Crippen LogP) is 4.26. The lowest BCUT2D eigenvalue weighted by atomic mass is 10.1. The molecule has 0 saturated carbocycles. The van der Waals surface area contributed by atoms with Crippen molar-refractivity contribution in [1.29, 1.82) is 0 Å². The highest BCUT2D eigenvalue weighted by Gasteiger charge is 2.19. The lowest BCUT2D eigenvalue weighted by molar-refractivity contribution is -0.385. The van der Waals surface area contributed by atoms with E-state index in [0.717, 1.165) is 5.56 Å². The average molecular weight is 425 g/mol. The van der Waals surface area contributed by atoms with Crippen LogP contribution in [0.1, 0.15) is 16.7 Å². The van der Waals surface area contributed by atoms with E-state index in [2.05, 4.69) is 0 Å². The van der Waals surface area contributed by atoms with Gasteiger partial charge in [0.15, 0.2) is 11.5 Å². The van der Waals surface area contributed by atoms with Gasteiger partial charge in [-0.25, -0.2) is 0 Å². The Morgan fingerprint density at radius 1 is 0.871 bits per heavy atom. The number of methoxy groups -OCH3 is 2. The fourth-order valence-corrected chi connectivity index (χ4v) is 3.00. The van der Waals surface area contributed by atoms with E-state index in [4.69, 9.17) is 18.9 Å². The van der Waals surface area contributed by atoms with Crippen molar-refractivity contribution < 1.29 is 29.0 Å². The Labute approximate surface area is 179 Å². The number of rotatable bonds is 10. The van der Waals surface area contributed by atoms with E-state index in [1.807, 2.05) is 30.3 Å². The van der Waals surface area contributed by atoms with E-state index < -0.39 is 4.92 Å². The number of benzene rings is 3. The number of hydrogen-bond acceptors (Lipinski definition) is 7. The molecule has 0 amide bonds. The highest BCUT2D eigenvalue weighted by molar-refractivity contribution is 5.54. The zero-order valence-electron chi connectivity index (χ0n) is 17.2. The van der Waals surface area contributed by atoms with Crippen molar-refractivity contribution in [2.24, 2.45) is 0 Å². The van der Waals surface area contributed by atoms with E-state index in [9.17, 15) is 15.2 Å². The molecule has 0 unspecified atom stereocenters. The molecular formula is C23H23NO7. The molecule has 0 aliphatic rings. The molecule has 3 aromatic carbocycles. The maximum atomic E-state index is 11.5. The van der Waals surface area contributed by atoms with Crippen LogP contribution in [0.5, 0.6) is 23.0 Å². The summed E-state index contributed by atoms with van der Waals surface area (Å²) in [5, 5.41) is 20.9. The quantitative estimate of drug-likeness (QED) is 0.383. The van der Waals surface area contributed by atoms with Gasteiger partial charge >= 0.3 is 0 Å². The maximum absolute atomic E-state index is 11.5. The number of aliphatic hydroxyl groups excluding tert-OH is 1. The van der Waals surface area contributed by atoms with Crippen LogP contribution in [0.3, 0.4) is 0 Å². The summed E-state index contributed by atoms with van der Waals surface area (Å²) < 4.78 is 22.3. The third-order valence-electron chi connectivity index (χ3n) is 4.57. The molecule has 31 heavy (non-hydrogen) atoms. The molecule has 1 N–H and O–H groups in total. The summed E-state index contributed by atoms with van der Waals surface area (Å²) in [6.45, 7) is 0.0343. The monoisotopic (exact) mass is 425 g/mol. The number of ether oxygens (including phenoxy) is 4. The Kier molecular flexibility index (Phi) is 7.29. The lowest BCUT2D eigenvalue weighted by Crippen LogP contribution is -2.04. The molecule has 0 atom stereocenters. The van der Waals surface area contributed by atoms with Crippen LogP contribution in [-0.4, -0.2) is 24.2 Å². The molecule has 3 aromatic rings. The van der Waals surface area contributed by atoms with Crippen molar-refractivity contribution in [1.82, 2.24) is 0 Å². The summed E-state index contributed by atoms with van der Waals surface area (Å²) in [4.78, 5) is 11.0. The van der Waals surface area contributed by atoms with Gasteiger partial charge in [0, 0.05) is 6.07 Å². The van der Waals surface area contributed by atoms with E-state index in [1.54, 1.807) is 24.3 Å². The molecular weight excluding hydrogens is 402 g/mol. The van der Waals surface area contributed by atoms with E-state index in [1.165, 1.54) is 20.3 Å². The number of nitro benzene ring substituents is 1. The zero-order valence-corrected chi connectivity index (χ0v) is 17.2. The standard InChI is InChI=1S/C23H23NO7/c1-28-21-10-17(13-25)11-22(29-2)23(21)31-15-18-12-19(8-9-20(18)24(26)27)30-14-16-6-4-3-5-7-16/h3-12,25H,13-15H2,1-2H3. The van der Waals surface area contributed by atoms with Gasteiger partial charge in [-0.2, -0.15) is 0 Å². The SMILES string of the molecule is COc1cc(CO)cc(OC)c1OCc1cc(OCc2ccccc2)ccc1[N+](=O)[O-]. The van der Waals surface area contributed by atoms with Crippen molar-refractivity contribution in [3.05, 3.63) is 87.5 Å². The van der Waals surface area contributed by atoms with Gasteiger partial charge in [-0.15, -0.1) is 0 Å². The summed E-state index contributed by atoms with van der Waals surface area (Å²) >= 11 is 0. The number of nitro groups is 1. The van der Waals surface area contributed by atoms with E-state index >= 15 is 0 Å². The third kappa shape index (κ3) is 5.43. The molecule has 0 bridgehead atoms. The molecule has 0 fully saturated rings. The fraction of sp³-hybridized carbons (Fsp3) is 0.217. The van der Waals surface area contributed by atoms with Crippen LogP contribution >= 0.6 is 0 Å². The minimum atomic E-state index is -0.469. The average Bonchev–Trinajstić information content (AvgIpc) is 2.81. The Morgan fingerprint density at radius 3 is 2.13 bits per heavy atom. The minimum Gasteiger partial charge on any atom is -0.493 e. The van der Waals surface area contributed by atoms with Crippen LogP contribution in [0.15, 0.2) is 60.7 Å². The van der Waals surface area contributed by atoms with E-state index in [0.29, 0.717) is 35.0 Å². The summed E-state index contributed by atoms with van der Waals surface area (Å²) in [5.74, 6) is 1.47. The highest BCUT2D eigenvalue weighted by Crippen LogP contribution is 2.39.